The second-order valence-electron chi connectivity index (χ2n) is 8.16. The molecule has 174 valence electrons. The molecule has 0 N–H and O–H groups in total. The number of nitrogens with zero attached hydrogens (tertiary/aromatic N) is 2. The van der Waals surface area contributed by atoms with Crippen LogP contribution in [0, 0.1) is 11.3 Å². The molecule has 1 fully saturated rings. The molecule has 34 heavy (non-hydrogen) atoms. The number of amides is 2. The van der Waals surface area contributed by atoms with Gasteiger partial charge in [0, 0.05) is 16.2 Å². The van der Waals surface area contributed by atoms with Crippen molar-refractivity contribution in [3.8, 4) is 11.8 Å². The van der Waals surface area contributed by atoms with Gasteiger partial charge in [0.15, 0.2) is 9.84 Å². The van der Waals surface area contributed by atoms with Crippen molar-refractivity contribution in [1.29, 1.82) is 5.26 Å². The van der Waals surface area contributed by atoms with Crippen molar-refractivity contribution in [2.75, 3.05) is 11.5 Å². The highest BCUT2D eigenvalue weighted by Crippen LogP contribution is 2.31. The number of ether oxygens (including phenoxy) is 1. The minimum absolute atomic E-state index is 0.0893. The van der Waals surface area contributed by atoms with Gasteiger partial charge in [0.2, 0.25) is 0 Å². The lowest BCUT2D eigenvalue weighted by Crippen LogP contribution is -2.49. The average Bonchev–Trinajstić information content (AvgIpc) is 3.16. The Labute approximate surface area is 202 Å². The van der Waals surface area contributed by atoms with Gasteiger partial charge in [-0.2, -0.15) is 5.26 Å². The normalized spacial score (nSPS) is 21.1. The molecular weight excluding hydrogens is 476 g/mol. The summed E-state index contributed by atoms with van der Waals surface area (Å²) in [5.74, 6) is -1.11. The predicted molar refractivity (Wildman–Crippen MR) is 127 cm³/mol. The average molecular weight is 497 g/mol. The quantitative estimate of drug-likeness (QED) is 0.461. The topological polar surface area (TPSA) is 105 Å². The van der Waals surface area contributed by atoms with E-state index in [4.69, 9.17) is 16.3 Å². The fraction of sp³-hybridized carbons (Fsp3) is 0.240. The van der Waals surface area contributed by atoms with E-state index in [1.807, 2.05) is 24.3 Å². The molecule has 2 amide bonds. The Morgan fingerprint density at radius 2 is 1.85 bits per heavy atom. The summed E-state index contributed by atoms with van der Waals surface area (Å²) in [6.07, 6.45) is 1.76. The van der Waals surface area contributed by atoms with Gasteiger partial charge in [0.1, 0.15) is 24.0 Å². The van der Waals surface area contributed by atoms with Gasteiger partial charge in [-0.15, -0.1) is 0 Å². The molecule has 2 heterocycles. The second-order valence-corrected chi connectivity index (χ2v) is 10.8. The first kappa shape index (κ1) is 23.7. The van der Waals surface area contributed by atoms with Crippen LogP contribution in [0.5, 0.6) is 5.75 Å². The number of carbonyl (C=O) groups excluding carboxylic acids is 2. The van der Waals surface area contributed by atoms with E-state index >= 15 is 0 Å². The summed E-state index contributed by atoms with van der Waals surface area (Å²) in [5, 5.41) is 10.2. The molecule has 0 aromatic heterocycles. The van der Waals surface area contributed by atoms with Crippen LogP contribution in [-0.4, -0.2) is 42.7 Å². The Bertz CT molecular complexity index is 1370. The smallest absolute Gasteiger partial charge is 0.271 e. The van der Waals surface area contributed by atoms with Crippen molar-refractivity contribution in [3.05, 3.63) is 81.4 Å². The van der Waals surface area contributed by atoms with E-state index in [0.717, 1.165) is 10.5 Å². The molecule has 0 spiro atoms. The number of carbonyl (C=O) groups is 2. The maximum atomic E-state index is 13.2. The maximum Gasteiger partial charge on any atom is 0.271 e. The summed E-state index contributed by atoms with van der Waals surface area (Å²) in [5.41, 5.74) is 1.82. The molecular formula is C25H21ClN2O5S. The van der Waals surface area contributed by atoms with E-state index in [2.05, 4.69) is 0 Å². The zero-order valence-corrected chi connectivity index (χ0v) is 19.9. The lowest BCUT2D eigenvalue weighted by molar-refractivity contribution is -0.142. The minimum atomic E-state index is -3.33. The molecule has 2 aliphatic rings. The molecule has 1 unspecified atom stereocenters. The van der Waals surface area contributed by atoms with Gasteiger partial charge in [-0.3, -0.25) is 14.5 Å². The van der Waals surface area contributed by atoms with E-state index in [1.165, 1.54) is 0 Å². The standard InChI is InChI=1S/C25H21ClN2O5S/c1-16-21(24(29)28(25(30)22(16)13-27)19-10-11-34(31,32)15-19)12-17-6-8-20(9-7-17)33-14-18-4-2-3-5-23(18)26/h2-9,12,19H,10-11,14-15H2,1H3/b21-12+. The zero-order chi connectivity index (χ0) is 24.5. The van der Waals surface area contributed by atoms with Gasteiger partial charge in [-0.1, -0.05) is 41.9 Å². The van der Waals surface area contributed by atoms with Crippen LogP contribution in [0.4, 0.5) is 0 Å². The molecule has 7 nitrogen and oxygen atoms in total. The number of benzene rings is 2. The number of hydrogen-bond donors (Lipinski definition) is 0. The molecule has 2 aromatic rings. The van der Waals surface area contributed by atoms with Crippen LogP contribution < -0.4 is 4.74 Å². The Morgan fingerprint density at radius 1 is 1.15 bits per heavy atom. The van der Waals surface area contributed by atoms with E-state index in [0.29, 0.717) is 22.9 Å². The van der Waals surface area contributed by atoms with E-state index in [-0.39, 0.29) is 34.6 Å². The summed E-state index contributed by atoms with van der Waals surface area (Å²) in [6.45, 7) is 1.84. The summed E-state index contributed by atoms with van der Waals surface area (Å²) in [6, 6.07) is 15.5. The second kappa shape index (κ2) is 9.45. The SMILES string of the molecule is CC1=C(C#N)C(=O)N(C2CCS(=O)(=O)C2)C(=O)/C1=C/c1ccc(OCc2ccccc2Cl)cc1. The first-order chi connectivity index (χ1) is 16.2. The Kier molecular flexibility index (Phi) is 6.60. The van der Waals surface area contributed by atoms with E-state index < -0.39 is 27.7 Å². The first-order valence-corrected chi connectivity index (χ1v) is 12.8. The Hall–Kier alpha value is -3.41. The Morgan fingerprint density at radius 3 is 2.47 bits per heavy atom. The molecule has 2 aromatic carbocycles. The molecule has 0 bridgehead atoms. The lowest BCUT2D eigenvalue weighted by Gasteiger charge is -2.31. The zero-order valence-electron chi connectivity index (χ0n) is 18.3. The largest absolute Gasteiger partial charge is 0.489 e. The number of rotatable bonds is 5. The first-order valence-electron chi connectivity index (χ1n) is 10.6. The van der Waals surface area contributed by atoms with Crippen LogP contribution in [0.15, 0.2) is 65.3 Å². The molecule has 1 atom stereocenters. The Balaban J connectivity index is 1.58. The van der Waals surface area contributed by atoms with Crippen LogP contribution in [-0.2, 0) is 26.0 Å². The summed E-state index contributed by atoms with van der Waals surface area (Å²) < 4.78 is 29.6. The number of halogens is 1. The van der Waals surface area contributed by atoms with Crippen LogP contribution >= 0.6 is 11.6 Å². The fourth-order valence-corrected chi connectivity index (χ4v) is 5.90. The van der Waals surface area contributed by atoms with Gasteiger partial charge in [0.25, 0.3) is 11.8 Å². The number of sulfone groups is 1. The minimum Gasteiger partial charge on any atom is -0.489 e. The van der Waals surface area contributed by atoms with Gasteiger partial charge >= 0.3 is 0 Å². The highest BCUT2D eigenvalue weighted by molar-refractivity contribution is 7.91. The molecule has 2 aliphatic heterocycles. The van der Waals surface area contributed by atoms with Crippen LogP contribution in [0.2, 0.25) is 5.02 Å². The number of nitriles is 1. The molecule has 1 saturated heterocycles. The summed E-state index contributed by atoms with van der Waals surface area (Å²) in [4.78, 5) is 27.0. The maximum absolute atomic E-state index is 13.2. The van der Waals surface area contributed by atoms with Gasteiger partial charge in [-0.05, 0) is 48.8 Å². The summed E-state index contributed by atoms with van der Waals surface area (Å²) >= 11 is 6.15. The van der Waals surface area contributed by atoms with Crippen LogP contribution in [0.3, 0.4) is 0 Å². The van der Waals surface area contributed by atoms with Crippen molar-refractivity contribution in [2.24, 2.45) is 0 Å². The van der Waals surface area contributed by atoms with Gasteiger partial charge < -0.3 is 4.74 Å². The third-order valence-corrected chi connectivity index (χ3v) is 8.01. The van der Waals surface area contributed by atoms with Gasteiger partial charge in [0.05, 0.1) is 17.5 Å². The third kappa shape index (κ3) is 4.76. The molecule has 0 aliphatic carbocycles. The predicted octanol–water partition coefficient (Wildman–Crippen LogP) is 3.70. The van der Waals surface area contributed by atoms with E-state index in [1.54, 1.807) is 43.3 Å². The molecule has 0 radical (unpaired) electrons. The number of hydrogen-bond acceptors (Lipinski definition) is 6. The van der Waals surface area contributed by atoms with Gasteiger partial charge in [-0.25, -0.2) is 8.42 Å². The van der Waals surface area contributed by atoms with Crippen LogP contribution in [0.1, 0.15) is 24.5 Å². The summed E-state index contributed by atoms with van der Waals surface area (Å²) in [7, 11) is -3.33. The van der Waals surface area contributed by atoms with Crippen molar-refractivity contribution in [1.82, 2.24) is 4.90 Å². The molecule has 9 heteroatoms. The van der Waals surface area contributed by atoms with Crippen molar-refractivity contribution in [2.45, 2.75) is 26.0 Å². The van der Waals surface area contributed by atoms with E-state index in [9.17, 15) is 23.3 Å². The van der Waals surface area contributed by atoms with Crippen LogP contribution in [0.25, 0.3) is 6.08 Å². The van der Waals surface area contributed by atoms with Crippen molar-refractivity contribution >= 4 is 39.3 Å². The van der Waals surface area contributed by atoms with Crippen molar-refractivity contribution < 1.29 is 22.7 Å². The lowest BCUT2D eigenvalue weighted by atomic mass is 9.92. The highest BCUT2D eigenvalue weighted by atomic mass is 35.5. The number of imide groups is 1. The highest BCUT2D eigenvalue weighted by Gasteiger charge is 2.43. The van der Waals surface area contributed by atoms with Crippen molar-refractivity contribution in [3.63, 3.8) is 0 Å². The monoisotopic (exact) mass is 496 g/mol. The molecule has 0 saturated carbocycles. The third-order valence-electron chi connectivity index (χ3n) is 5.89. The fourth-order valence-electron chi connectivity index (χ4n) is 4.01. The molecule has 4 rings (SSSR count).